The van der Waals surface area contributed by atoms with Gasteiger partial charge in [0, 0.05) is 56.5 Å². The lowest BCUT2D eigenvalue weighted by atomic mass is 9.65. The molecule has 2 aromatic rings. The minimum Gasteiger partial charge on any atom is -0.496 e. The number of aromatic nitrogens is 2. The number of nitrogens with zero attached hydrogens (tertiary/aromatic N) is 3. The number of piperidine rings is 1. The second-order valence-electron chi connectivity index (χ2n) is 7.52. The van der Waals surface area contributed by atoms with Crippen LogP contribution in [0.15, 0.2) is 36.7 Å². The molecule has 2 heterocycles. The van der Waals surface area contributed by atoms with E-state index in [0.29, 0.717) is 0 Å². The van der Waals surface area contributed by atoms with Crippen molar-refractivity contribution in [1.29, 1.82) is 0 Å². The van der Waals surface area contributed by atoms with Crippen molar-refractivity contribution >= 4 is 0 Å². The molecule has 2 bridgehead atoms. The zero-order chi connectivity index (χ0) is 17.4. The second-order valence-corrected chi connectivity index (χ2v) is 7.52. The lowest BCUT2D eigenvalue weighted by molar-refractivity contribution is -0.155. The van der Waals surface area contributed by atoms with Gasteiger partial charge in [-0.3, -0.25) is 4.90 Å². The molecule has 1 aromatic heterocycles. The maximum Gasteiger partial charge on any atom is 0.141 e. The van der Waals surface area contributed by atoms with Crippen LogP contribution >= 0.6 is 0 Å². The van der Waals surface area contributed by atoms with Crippen LogP contribution < -0.4 is 4.74 Å². The van der Waals surface area contributed by atoms with Gasteiger partial charge in [-0.05, 0) is 18.9 Å². The molecule has 2 fully saturated rings. The van der Waals surface area contributed by atoms with Gasteiger partial charge in [-0.2, -0.15) is 0 Å². The van der Waals surface area contributed by atoms with E-state index in [0.717, 1.165) is 44.0 Å². The maximum absolute atomic E-state index is 11.6. The monoisotopic (exact) mass is 341 g/mol. The number of benzene rings is 1. The molecule has 1 saturated heterocycles. The van der Waals surface area contributed by atoms with Gasteiger partial charge in [-0.15, -0.1) is 0 Å². The summed E-state index contributed by atoms with van der Waals surface area (Å²) in [5.74, 6) is 2.24. The highest BCUT2D eigenvalue weighted by Crippen LogP contribution is 2.48. The SMILES string of the molecule is COc1ccccc1CN1C[C@H]2CCC[C@H](C1)C2(O)c1nccn1C. The van der Waals surface area contributed by atoms with E-state index in [1.54, 1.807) is 13.3 Å². The van der Waals surface area contributed by atoms with E-state index in [1.165, 1.54) is 12.0 Å². The predicted octanol–water partition coefficient (Wildman–Crippen LogP) is 2.55. The molecular weight excluding hydrogens is 314 g/mol. The van der Waals surface area contributed by atoms with Gasteiger partial charge < -0.3 is 14.4 Å². The number of aliphatic hydroxyl groups is 1. The lowest BCUT2D eigenvalue weighted by Crippen LogP contribution is -2.58. The molecule has 134 valence electrons. The van der Waals surface area contributed by atoms with Crippen LogP contribution in [0.3, 0.4) is 0 Å². The normalized spacial score (nSPS) is 29.6. The van der Waals surface area contributed by atoms with Gasteiger partial charge in [0.1, 0.15) is 17.2 Å². The molecule has 0 unspecified atom stereocenters. The van der Waals surface area contributed by atoms with E-state index >= 15 is 0 Å². The van der Waals surface area contributed by atoms with Crippen molar-refractivity contribution in [2.45, 2.75) is 31.4 Å². The van der Waals surface area contributed by atoms with Crippen molar-refractivity contribution in [2.24, 2.45) is 18.9 Å². The van der Waals surface area contributed by atoms with Gasteiger partial charge in [0.05, 0.1) is 7.11 Å². The van der Waals surface area contributed by atoms with E-state index in [1.807, 2.05) is 29.9 Å². The molecule has 0 radical (unpaired) electrons. The fourth-order valence-corrected chi connectivity index (χ4v) is 4.86. The summed E-state index contributed by atoms with van der Waals surface area (Å²) in [6.07, 6.45) is 7.05. The number of para-hydroxylation sites is 1. The Balaban J connectivity index is 1.58. The smallest absolute Gasteiger partial charge is 0.141 e. The first kappa shape index (κ1) is 16.6. The van der Waals surface area contributed by atoms with E-state index < -0.39 is 5.60 Å². The summed E-state index contributed by atoms with van der Waals surface area (Å²) < 4.78 is 7.49. The first-order valence-electron chi connectivity index (χ1n) is 9.17. The lowest BCUT2D eigenvalue weighted by Gasteiger charge is -2.52. The molecule has 2 atom stereocenters. The number of likely N-dealkylation sites (tertiary alicyclic amines) is 1. The molecule has 1 saturated carbocycles. The van der Waals surface area contributed by atoms with Crippen LogP contribution in [0.4, 0.5) is 0 Å². The average Bonchev–Trinajstić information content (AvgIpc) is 3.03. The first-order chi connectivity index (χ1) is 12.1. The van der Waals surface area contributed by atoms with Crippen molar-refractivity contribution in [3.63, 3.8) is 0 Å². The zero-order valence-electron chi connectivity index (χ0n) is 15.1. The summed E-state index contributed by atoms with van der Waals surface area (Å²) in [4.78, 5) is 6.98. The molecule has 2 aliphatic rings. The minimum atomic E-state index is -0.798. The van der Waals surface area contributed by atoms with Crippen molar-refractivity contribution in [3.05, 3.63) is 48.0 Å². The van der Waals surface area contributed by atoms with Crippen molar-refractivity contribution in [2.75, 3.05) is 20.2 Å². The molecule has 1 aromatic carbocycles. The number of rotatable bonds is 4. The van der Waals surface area contributed by atoms with E-state index in [9.17, 15) is 5.11 Å². The van der Waals surface area contributed by atoms with Crippen molar-refractivity contribution in [1.82, 2.24) is 14.5 Å². The Morgan fingerprint density at radius 3 is 2.60 bits per heavy atom. The number of methoxy groups -OCH3 is 1. The first-order valence-corrected chi connectivity index (χ1v) is 9.17. The van der Waals surface area contributed by atoms with Gasteiger partial charge in [0.25, 0.3) is 0 Å². The van der Waals surface area contributed by atoms with Crippen LogP contribution in [0.25, 0.3) is 0 Å². The molecule has 0 spiro atoms. The highest BCUT2D eigenvalue weighted by atomic mass is 16.5. The van der Waals surface area contributed by atoms with Crippen LogP contribution in [0, 0.1) is 11.8 Å². The van der Waals surface area contributed by atoms with Crippen molar-refractivity contribution in [3.8, 4) is 5.75 Å². The highest BCUT2D eigenvalue weighted by molar-refractivity contribution is 5.33. The van der Waals surface area contributed by atoms with Gasteiger partial charge in [0.15, 0.2) is 0 Å². The fraction of sp³-hybridized carbons (Fsp3) is 0.550. The Bertz CT molecular complexity index is 728. The summed E-state index contributed by atoms with van der Waals surface area (Å²) in [5.41, 5.74) is 0.416. The molecule has 5 nitrogen and oxygen atoms in total. The second kappa shape index (κ2) is 6.46. The van der Waals surface area contributed by atoms with Crippen molar-refractivity contribution < 1.29 is 9.84 Å². The molecule has 25 heavy (non-hydrogen) atoms. The van der Waals surface area contributed by atoms with Crippen LogP contribution in [-0.2, 0) is 19.2 Å². The molecule has 1 aliphatic carbocycles. The topological polar surface area (TPSA) is 50.5 Å². The molecule has 1 N–H and O–H groups in total. The Morgan fingerprint density at radius 2 is 1.96 bits per heavy atom. The number of aryl methyl sites for hydroxylation is 1. The van der Waals surface area contributed by atoms with Crippen LogP contribution in [0.2, 0.25) is 0 Å². The van der Waals surface area contributed by atoms with Gasteiger partial charge in [-0.1, -0.05) is 24.6 Å². The number of imidazole rings is 1. The molecule has 1 aliphatic heterocycles. The fourth-order valence-electron chi connectivity index (χ4n) is 4.86. The zero-order valence-corrected chi connectivity index (χ0v) is 15.1. The quantitative estimate of drug-likeness (QED) is 0.928. The molecule has 0 amide bonds. The Morgan fingerprint density at radius 1 is 1.24 bits per heavy atom. The van der Waals surface area contributed by atoms with Gasteiger partial charge in [0.2, 0.25) is 0 Å². The van der Waals surface area contributed by atoms with Crippen LogP contribution in [0.1, 0.15) is 30.7 Å². The standard InChI is InChI=1S/C20H27N3O2/c1-22-11-10-21-19(22)20(24)16-7-5-8-17(20)14-23(13-16)12-15-6-3-4-9-18(15)25-2/h3-4,6,9-11,16-17,24H,5,7-8,12-14H2,1-2H3/t16-,17-/m1/s1. The average molecular weight is 341 g/mol. The third kappa shape index (κ3) is 2.75. The number of fused-ring (bicyclic) bond motifs is 2. The van der Waals surface area contributed by atoms with E-state index in [-0.39, 0.29) is 11.8 Å². The number of hydrogen-bond donors (Lipinski definition) is 1. The Labute approximate surface area is 149 Å². The number of ether oxygens (including phenoxy) is 1. The van der Waals surface area contributed by atoms with Crippen LogP contribution in [0.5, 0.6) is 5.75 Å². The summed E-state index contributed by atoms with van der Waals surface area (Å²) >= 11 is 0. The van der Waals surface area contributed by atoms with E-state index in [4.69, 9.17) is 4.74 Å². The summed E-state index contributed by atoms with van der Waals surface area (Å²) in [6, 6.07) is 8.22. The van der Waals surface area contributed by atoms with Gasteiger partial charge in [-0.25, -0.2) is 4.98 Å². The minimum absolute atomic E-state index is 0.232. The maximum atomic E-state index is 11.6. The van der Waals surface area contributed by atoms with Crippen LogP contribution in [-0.4, -0.2) is 39.8 Å². The third-order valence-electron chi connectivity index (χ3n) is 6.07. The third-order valence-corrected chi connectivity index (χ3v) is 6.07. The largest absolute Gasteiger partial charge is 0.496 e. The summed E-state index contributed by atoms with van der Waals surface area (Å²) in [6.45, 7) is 2.67. The summed E-state index contributed by atoms with van der Waals surface area (Å²) in [5, 5.41) is 11.6. The van der Waals surface area contributed by atoms with E-state index in [2.05, 4.69) is 22.0 Å². The summed E-state index contributed by atoms with van der Waals surface area (Å²) in [7, 11) is 3.71. The van der Waals surface area contributed by atoms with Gasteiger partial charge >= 0.3 is 0 Å². The molecular formula is C20H27N3O2. The Hall–Kier alpha value is -1.85. The highest BCUT2D eigenvalue weighted by Gasteiger charge is 2.53. The predicted molar refractivity (Wildman–Crippen MR) is 96.2 cm³/mol. The number of hydrogen-bond acceptors (Lipinski definition) is 4. The molecule has 4 rings (SSSR count). The molecule has 5 heteroatoms. The Kier molecular flexibility index (Phi) is 4.29.